The molecule has 0 aliphatic rings. The van der Waals surface area contributed by atoms with Crippen molar-refractivity contribution < 1.29 is 21.6 Å². The van der Waals surface area contributed by atoms with Crippen LogP contribution in [0.1, 0.15) is 16.7 Å². The average Bonchev–Trinajstić information content (AvgIpc) is 2.67. The number of nitrogens with two attached hydrogens (primary N) is 2. The van der Waals surface area contributed by atoms with E-state index in [2.05, 4.69) is 26.5 Å². The highest BCUT2D eigenvalue weighted by Crippen LogP contribution is 2.31. The Hall–Kier alpha value is -3.78. The molecular formula is C19H14F3N5O2S. The summed E-state index contributed by atoms with van der Waals surface area (Å²) in [4.78, 5) is 7.06. The fraction of sp³-hybridized carbons (Fsp3) is 0.0526. The second-order valence-corrected chi connectivity index (χ2v) is 7.66. The molecule has 2 aromatic carbocycles. The van der Waals surface area contributed by atoms with Crippen molar-refractivity contribution in [3.8, 4) is 11.8 Å². The number of sulfonamides is 1. The van der Waals surface area contributed by atoms with Gasteiger partial charge in [0.25, 0.3) is 10.0 Å². The minimum absolute atomic E-state index is 0.0939. The number of benzene rings is 2. The lowest BCUT2D eigenvalue weighted by Gasteiger charge is -2.11. The molecule has 0 radical (unpaired) electrons. The molecule has 30 heavy (non-hydrogen) atoms. The molecule has 0 fully saturated rings. The Morgan fingerprint density at radius 1 is 0.933 bits per heavy atom. The van der Waals surface area contributed by atoms with Crippen LogP contribution in [0.25, 0.3) is 0 Å². The predicted octanol–water partition coefficient (Wildman–Crippen LogP) is 2.86. The normalized spacial score (nSPS) is 11.4. The van der Waals surface area contributed by atoms with Crippen LogP contribution in [0.15, 0.2) is 59.8 Å². The number of anilines is 3. The van der Waals surface area contributed by atoms with Crippen molar-refractivity contribution in [2.75, 3.05) is 16.2 Å². The van der Waals surface area contributed by atoms with E-state index in [0.29, 0.717) is 11.6 Å². The van der Waals surface area contributed by atoms with Crippen LogP contribution in [0.3, 0.4) is 0 Å². The van der Waals surface area contributed by atoms with Gasteiger partial charge in [0.1, 0.15) is 23.5 Å². The average molecular weight is 433 g/mol. The third-order valence-electron chi connectivity index (χ3n) is 3.82. The van der Waals surface area contributed by atoms with Gasteiger partial charge in [-0.15, -0.1) is 0 Å². The van der Waals surface area contributed by atoms with Crippen LogP contribution < -0.4 is 16.2 Å². The summed E-state index contributed by atoms with van der Waals surface area (Å²) < 4.78 is 65.8. The van der Waals surface area contributed by atoms with E-state index in [0.717, 1.165) is 18.2 Å². The largest absolute Gasteiger partial charge is 0.416 e. The molecule has 0 bridgehead atoms. The Bertz CT molecular complexity index is 1240. The van der Waals surface area contributed by atoms with Gasteiger partial charge in [-0.1, -0.05) is 24.0 Å². The van der Waals surface area contributed by atoms with Crippen LogP contribution in [0, 0.1) is 11.8 Å². The molecule has 0 saturated carbocycles. The highest BCUT2D eigenvalue weighted by atomic mass is 32.2. The Labute approximate surface area is 170 Å². The number of nitrogens with zero attached hydrogens (tertiary/aromatic N) is 2. The maximum Gasteiger partial charge on any atom is 0.416 e. The minimum Gasteiger partial charge on any atom is -0.382 e. The summed E-state index contributed by atoms with van der Waals surface area (Å²) in [5.41, 5.74) is 11.1. The van der Waals surface area contributed by atoms with Crippen molar-refractivity contribution in [3.05, 3.63) is 71.5 Å². The van der Waals surface area contributed by atoms with Gasteiger partial charge in [0.15, 0.2) is 0 Å². The van der Waals surface area contributed by atoms with E-state index < -0.39 is 26.7 Å². The molecule has 3 rings (SSSR count). The fourth-order valence-electron chi connectivity index (χ4n) is 2.39. The van der Waals surface area contributed by atoms with E-state index in [1.54, 1.807) is 6.07 Å². The molecule has 0 aliphatic carbocycles. The van der Waals surface area contributed by atoms with Crippen LogP contribution in [0.2, 0.25) is 0 Å². The molecule has 1 aromatic heterocycles. The van der Waals surface area contributed by atoms with Gasteiger partial charge in [0, 0.05) is 5.56 Å². The number of nitrogens with one attached hydrogen (secondary N) is 1. The summed E-state index contributed by atoms with van der Waals surface area (Å²) in [6.07, 6.45) is -3.47. The zero-order valence-corrected chi connectivity index (χ0v) is 15.9. The van der Waals surface area contributed by atoms with Crippen molar-refractivity contribution >= 4 is 27.3 Å². The summed E-state index contributed by atoms with van der Waals surface area (Å²) in [6.45, 7) is 0. The Kier molecular flexibility index (Phi) is 5.53. The van der Waals surface area contributed by atoms with Crippen molar-refractivity contribution in [1.29, 1.82) is 0 Å². The Balaban J connectivity index is 1.88. The van der Waals surface area contributed by atoms with Crippen LogP contribution >= 0.6 is 0 Å². The predicted molar refractivity (Wildman–Crippen MR) is 106 cm³/mol. The van der Waals surface area contributed by atoms with Crippen LogP contribution in [-0.4, -0.2) is 18.4 Å². The summed E-state index contributed by atoms with van der Waals surface area (Å²) in [7, 11) is -4.25. The molecule has 5 N–H and O–H groups in total. The molecule has 0 atom stereocenters. The number of rotatable bonds is 3. The lowest BCUT2D eigenvalue weighted by molar-refractivity contribution is -0.137. The van der Waals surface area contributed by atoms with E-state index in [1.165, 1.54) is 24.5 Å². The molecule has 154 valence electrons. The smallest absolute Gasteiger partial charge is 0.382 e. The number of halogens is 3. The van der Waals surface area contributed by atoms with Crippen molar-refractivity contribution in [2.24, 2.45) is 0 Å². The first-order valence-electron chi connectivity index (χ1n) is 8.24. The minimum atomic E-state index is -4.66. The number of aromatic nitrogens is 2. The maximum atomic E-state index is 12.9. The van der Waals surface area contributed by atoms with Crippen LogP contribution in [0.5, 0.6) is 0 Å². The van der Waals surface area contributed by atoms with Gasteiger partial charge in [0.2, 0.25) is 0 Å². The molecule has 11 heteroatoms. The third-order valence-corrected chi connectivity index (χ3v) is 5.20. The van der Waals surface area contributed by atoms with Gasteiger partial charge in [-0.2, -0.15) is 13.2 Å². The standard InChI is InChI=1S/C19H14F3N5O2S/c20-19(21,22)13-4-2-6-15(10-13)30(28,29)27-14-5-1-3-12(9-14)7-8-16-17(23)25-11-26-18(16)24/h1-6,9-11,27H,(H4,23,24,25,26). The Morgan fingerprint density at radius 2 is 1.60 bits per heavy atom. The first-order chi connectivity index (χ1) is 14.1. The van der Waals surface area contributed by atoms with Crippen molar-refractivity contribution in [2.45, 2.75) is 11.1 Å². The van der Waals surface area contributed by atoms with E-state index in [9.17, 15) is 21.6 Å². The van der Waals surface area contributed by atoms with E-state index in [-0.39, 0.29) is 22.9 Å². The van der Waals surface area contributed by atoms with E-state index in [1.807, 2.05) is 0 Å². The number of nitrogen functional groups attached to an aromatic ring is 2. The number of alkyl halides is 3. The van der Waals surface area contributed by atoms with Gasteiger partial charge >= 0.3 is 6.18 Å². The number of hydrogen-bond acceptors (Lipinski definition) is 6. The highest BCUT2D eigenvalue weighted by Gasteiger charge is 2.31. The Morgan fingerprint density at radius 3 is 2.27 bits per heavy atom. The van der Waals surface area contributed by atoms with Gasteiger partial charge in [-0.3, -0.25) is 4.72 Å². The molecule has 0 unspecified atom stereocenters. The second kappa shape index (κ2) is 7.92. The summed E-state index contributed by atoms with van der Waals surface area (Å²) in [5, 5.41) is 0. The van der Waals surface area contributed by atoms with Crippen LogP contribution in [-0.2, 0) is 16.2 Å². The first-order valence-corrected chi connectivity index (χ1v) is 9.73. The lowest BCUT2D eigenvalue weighted by Crippen LogP contribution is -2.14. The third kappa shape index (κ3) is 4.79. The van der Waals surface area contributed by atoms with Gasteiger partial charge < -0.3 is 11.5 Å². The quantitative estimate of drug-likeness (QED) is 0.546. The molecule has 7 nitrogen and oxygen atoms in total. The SMILES string of the molecule is Nc1ncnc(N)c1C#Cc1cccc(NS(=O)(=O)c2cccc(C(F)(F)F)c2)c1. The lowest BCUT2D eigenvalue weighted by atomic mass is 10.2. The van der Waals surface area contributed by atoms with Crippen molar-refractivity contribution in [1.82, 2.24) is 9.97 Å². The molecule has 3 aromatic rings. The van der Waals surface area contributed by atoms with Crippen LogP contribution in [0.4, 0.5) is 30.5 Å². The zero-order valence-electron chi connectivity index (χ0n) is 15.1. The van der Waals surface area contributed by atoms with Gasteiger partial charge in [-0.25, -0.2) is 18.4 Å². The molecular weight excluding hydrogens is 419 g/mol. The van der Waals surface area contributed by atoms with Gasteiger partial charge in [0.05, 0.1) is 16.1 Å². The molecule has 1 heterocycles. The molecule has 0 amide bonds. The van der Waals surface area contributed by atoms with Crippen molar-refractivity contribution in [3.63, 3.8) is 0 Å². The topological polar surface area (TPSA) is 124 Å². The van der Waals surface area contributed by atoms with E-state index in [4.69, 9.17) is 11.5 Å². The summed E-state index contributed by atoms with van der Waals surface area (Å²) in [6, 6.07) is 9.43. The van der Waals surface area contributed by atoms with Gasteiger partial charge in [-0.05, 0) is 36.4 Å². The number of hydrogen-bond donors (Lipinski definition) is 3. The fourth-order valence-corrected chi connectivity index (χ4v) is 3.49. The molecule has 0 saturated heterocycles. The van der Waals surface area contributed by atoms with E-state index >= 15 is 0 Å². The monoisotopic (exact) mass is 433 g/mol. The summed E-state index contributed by atoms with van der Waals surface area (Å²) >= 11 is 0. The molecule has 0 aliphatic heterocycles. The second-order valence-electron chi connectivity index (χ2n) is 5.98. The summed E-state index contributed by atoms with van der Waals surface area (Å²) in [5.74, 6) is 5.67. The highest BCUT2D eigenvalue weighted by molar-refractivity contribution is 7.92. The molecule has 0 spiro atoms. The first kappa shape index (κ1) is 20.9. The zero-order chi connectivity index (χ0) is 21.9. The maximum absolute atomic E-state index is 12.9.